The normalized spacial score (nSPS) is 43.9. The predicted octanol–water partition coefficient (Wildman–Crippen LogP) is 0.834. The van der Waals surface area contributed by atoms with Crippen LogP contribution >= 0.6 is 0 Å². The van der Waals surface area contributed by atoms with Crippen molar-refractivity contribution >= 4 is 0 Å². The lowest BCUT2D eigenvalue weighted by atomic mass is 9.73. The van der Waals surface area contributed by atoms with Gasteiger partial charge in [-0.1, -0.05) is 6.92 Å². The Bertz CT molecular complexity index is 201. The fraction of sp³-hybridized carbons (Fsp3) is 1.00. The molecule has 3 heteroatoms. The van der Waals surface area contributed by atoms with Crippen molar-refractivity contribution < 1.29 is 4.74 Å². The summed E-state index contributed by atoms with van der Waals surface area (Å²) in [6.45, 7) is 5.58. The molecule has 0 bridgehead atoms. The summed E-state index contributed by atoms with van der Waals surface area (Å²) >= 11 is 0. The van der Waals surface area contributed by atoms with Gasteiger partial charge in [0, 0.05) is 25.7 Å². The molecule has 2 rings (SSSR count). The zero-order valence-electron chi connectivity index (χ0n) is 9.33. The number of nitrogens with two attached hydrogens (primary N) is 1. The summed E-state index contributed by atoms with van der Waals surface area (Å²) in [4.78, 5) is 2.59. The molecule has 1 unspecified atom stereocenters. The number of ether oxygens (including phenoxy) is 1. The van der Waals surface area contributed by atoms with Crippen molar-refractivity contribution in [3.05, 3.63) is 0 Å². The van der Waals surface area contributed by atoms with Gasteiger partial charge in [0.1, 0.15) is 0 Å². The van der Waals surface area contributed by atoms with E-state index in [-0.39, 0.29) is 5.54 Å². The van der Waals surface area contributed by atoms with Crippen LogP contribution in [0.5, 0.6) is 0 Å². The molecule has 2 N–H and O–H groups in total. The first-order valence-corrected chi connectivity index (χ1v) is 5.68. The molecule has 1 atom stereocenters. The molecule has 82 valence electrons. The van der Waals surface area contributed by atoms with E-state index in [1.165, 1.54) is 19.5 Å². The first-order chi connectivity index (χ1) is 6.70. The fourth-order valence-electron chi connectivity index (χ4n) is 2.87. The van der Waals surface area contributed by atoms with Crippen molar-refractivity contribution in [2.75, 3.05) is 26.7 Å². The zero-order valence-corrected chi connectivity index (χ0v) is 9.33. The maximum absolute atomic E-state index is 5.91. The third-order valence-corrected chi connectivity index (χ3v) is 4.02. The summed E-state index contributed by atoms with van der Waals surface area (Å²) < 4.78 is 5.35. The molecular formula is C11H22N2O. The van der Waals surface area contributed by atoms with Crippen molar-refractivity contribution in [3.8, 4) is 0 Å². The maximum Gasteiger partial charge on any atom is 0.0607 e. The Morgan fingerprint density at radius 3 is 2.64 bits per heavy atom. The number of hydrogen-bond acceptors (Lipinski definition) is 3. The Morgan fingerprint density at radius 2 is 2.21 bits per heavy atom. The third-order valence-electron chi connectivity index (χ3n) is 4.02. The smallest absolute Gasteiger partial charge is 0.0607 e. The van der Waals surface area contributed by atoms with Gasteiger partial charge in [-0.3, -0.25) is 4.90 Å². The average molecular weight is 198 g/mol. The predicted molar refractivity (Wildman–Crippen MR) is 57.2 cm³/mol. The highest BCUT2D eigenvalue weighted by Crippen LogP contribution is 2.41. The lowest BCUT2D eigenvalue weighted by molar-refractivity contribution is -0.0802. The molecule has 2 aliphatic rings. The van der Waals surface area contributed by atoms with Gasteiger partial charge in [-0.15, -0.1) is 0 Å². The van der Waals surface area contributed by atoms with Crippen LogP contribution in [0, 0.1) is 5.92 Å². The second-order valence-corrected chi connectivity index (χ2v) is 5.03. The Hall–Kier alpha value is -0.120. The molecule has 1 aliphatic carbocycles. The van der Waals surface area contributed by atoms with Gasteiger partial charge in [0.05, 0.1) is 6.10 Å². The molecule has 0 radical (unpaired) electrons. The van der Waals surface area contributed by atoms with Crippen molar-refractivity contribution in [3.63, 3.8) is 0 Å². The van der Waals surface area contributed by atoms with E-state index in [1.807, 2.05) is 0 Å². The molecule has 1 saturated carbocycles. The van der Waals surface area contributed by atoms with Crippen LogP contribution in [0.1, 0.15) is 26.2 Å². The van der Waals surface area contributed by atoms with Gasteiger partial charge in [0.2, 0.25) is 0 Å². The summed E-state index contributed by atoms with van der Waals surface area (Å²) in [5, 5.41) is 0. The van der Waals surface area contributed by atoms with E-state index in [9.17, 15) is 0 Å². The van der Waals surface area contributed by atoms with Gasteiger partial charge in [0.15, 0.2) is 0 Å². The number of hydrogen-bond donors (Lipinski definition) is 1. The standard InChI is InChI=1S/C11H22N2O/c1-9-3-4-13(7-9)11(8-12)5-10(6-11)14-2/h9-10H,3-8,12H2,1-2H3. The van der Waals surface area contributed by atoms with Gasteiger partial charge in [-0.05, 0) is 31.7 Å². The summed E-state index contributed by atoms with van der Waals surface area (Å²) in [5.41, 5.74) is 6.20. The van der Waals surface area contributed by atoms with Crippen molar-refractivity contribution in [2.45, 2.75) is 37.8 Å². The van der Waals surface area contributed by atoms with Gasteiger partial charge in [-0.2, -0.15) is 0 Å². The van der Waals surface area contributed by atoms with Crippen molar-refractivity contribution in [2.24, 2.45) is 11.7 Å². The van der Waals surface area contributed by atoms with Crippen LogP contribution in [0.2, 0.25) is 0 Å². The molecular weight excluding hydrogens is 176 g/mol. The zero-order chi connectivity index (χ0) is 10.2. The van der Waals surface area contributed by atoms with Gasteiger partial charge in [-0.25, -0.2) is 0 Å². The van der Waals surface area contributed by atoms with Gasteiger partial charge in [0.25, 0.3) is 0 Å². The highest BCUT2D eigenvalue weighted by atomic mass is 16.5. The van der Waals surface area contributed by atoms with Gasteiger partial charge >= 0.3 is 0 Å². The number of rotatable bonds is 3. The van der Waals surface area contributed by atoms with Crippen LogP contribution in [0.15, 0.2) is 0 Å². The molecule has 1 saturated heterocycles. The minimum Gasteiger partial charge on any atom is -0.381 e. The topological polar surface area (TPSA) is 38.5 Å². The molecule has 0 aromatic rings. The maximum atomic E-state index is 5.91. The second-order valence-electron chi connectivity index (χ2n) is 5.03. The molecule has 3 nitrogen and oxygen atoms in total. The Morgan fingerprint density at radius 1 is 1.50 bits per heavy atom. The summed E-state index contributed by atoms with van der Waals surface area (Å²) in [7, 11) is 1.80. The minimum atomic E-state index is 0.283. The minimum absolute atomic E-state index is 0.283. The number of likely N-dealkylation sites (tertiary alicyclic amines) is 1. The summed E-state index contributed by atoms with van der Waals surface area (Å²) in [6.07, 6.45) is 4.05. The molecule has 1 heterocycles. The molecule has 0 spiro atoms. The van der Waals surface area contributed by atoms with E-state index < -0.39 is 0 Å². The highest BCUT2D eigenvalue weighted by Gasteiger charge is 2.49. The molecule has 0 amide bonds. The number of nitrogens with zero attached hydrogens (tertiary/aromatic N) is 1. The highest BCUT2D eigenvalue weighted by molar-refractivity contribution is 5.05. The summed E-state index contributed by atoms with van der Waals surface area (Å²) in [5.74, 6) is 0.847. The van der Waals surface area contributed by atoms with E-state index in [1.54, 1.807) is 7.11 Å². The monoisotopic (exact) mass is 198 g/mol. The number of methoxy groups -OCH3 is 1. The Balaban J connectivity index is 1.94. The van der Waals surface area contributed by atoms with E-state index in [4.69, 9.17) is 10.5 Å². The van der Waals surface area contributed by atoms with Crippen molar-refractivity contribution in [1.29, 1.82) is 0 Å². The van der Waals surface area contributed by atoms with Crippen molar-refractivity contribution in [1.82, 2.24) is 4.90 Å². The van der Waals surface area contributed by atoms with E-state index in [2.05, 4.69) is 11.8 Å². The van der Waals surface area contributed by atoms with E-state index in [0.717, 1.165) is 25.3 Å². The third kappa shape index (κ3) is 1.58. The Kier molecular flexibility index (Phi) is 2.82. The van der Waals surface area contributed by atoms with Crippen LogP contribution in [0.3, 0.4) is 0 Å². The quantitative estimate of drug-likeness (QED) is 0.730. The summed E-state index contributed by atoms with van der Waals surface area (Å²) in [6, 6.07) is 0. The van der Waals surface area contributed by atoms with E-state index in [0.29, 0.717) is 6.10 Å². The SMILES string of the molecule is COC1CC(CN)(N2CCC(C)C2)C1. The average Bonchev–Trinajstić information content (AvgIpc) is 2.52. The van der Waals surface area contributed by atoms with Crippen LogP contribution < -0.4 is 5.73 Å². The van der Waals surface area contributed by atoms with Crippen LogP contribution in [-0.4, -0.2) is 43.3 Å². The second kappa shape index (κ2) is 3.80. The first-order valence-electron chi connectivity index (χ1n) is 5.68. The molecule has 0 aromatic heterocycles. The molecule has 14 heavy (non-hydrogen) atoms. The lowest BCUT2D eigenvalue weighted by Gasteiger charge is -2.52. The lowest BCUT2D eigenvalue weighted by Crippen LogP contribution is -2.63. The van der Waals surface area contributed by atoms with Crippen LogP contribution in [0.25, 0.3) is 0 Å². The first kappa shape index (κ1) is 10.4. The van der Waals surface area contributed by atoms with Crippen LogP contribution in [0.4, 0.5) is 0 Å². The fourth-order valence-corrected chi connectivity index (χ4v) is 2.87. The largest absolute Gasteiger partial charge is 0.381 e. The molecule has 1 aliphatic heterocycles. The molecule has 2 fully saturated rings. The Labute approximate surface area is 86.6 Å². The molecule has 0 aromatic carbocycles. The van der Waals surface area contributed by atoms with Gasteiger partial charge < -0.3 is 10.5 Å². The van der Waals surface area contributed by atoms with Crippen LogP contribution in [-0.2, 0) is 4.74 Å². The van der Waals surface area contributed by atoms with E-state index >= 15 is 0 Å².